The van der Waals surface area contributed by atoms with Gasteiger partial charge in [-0.2, -0.15) is 5.21 Å². The lowest BCUT2D eigenvalue weighted by Gasteiger charge is -2.12. The monoisotopic (exact) mass is 275 g/mol. The number of hydrogen-bond acceptors (Lipinski definition) is 6. The predicted octanol–water partition coefficient (Wildman–Crippen LogP) is 1.78. The highest BCUT2D eigenvalue weighted by molar-refractivity contribution is 5.44. The number of hydrogen-bond donors (Lipinski definition) is 2. The molecule has 0 bridgehead atoms. The van der Waals surface area contributed by atoms with Crippen molar-refractivity contribution in [2.24, 2.45) is 0 Å². The van der Waals surface area contributed by atoms with Crippen molar-refractivity contribution in [2.45, 2.75) is 13.5 Å². The number of anilines is 1. The van der Waals surface area contributed by atoms with Crippen molar-refractivity contribution in [1.29, 1.82) is 0 Å². The second kappa shape index (κ2) is 7.13. The van der Waals surface area contributed by atoms with E-state index in [1.807, 2.05) is 25.1 Å². The first-order valence-electron chi connectivity index (χ1n) is 6.30. The van der Waals surface area contributed by atoms with Gasteiger partial charge in [0, 0.05) is 6.54 Å². The van der Waals surface area contributed by atoms with Gasteiger partial charge in [0.15, 0.2) is 11.5 Å². The SMILES string of the molecule is C=CCOc1ccc(CNc2nn[nH]n2)cc1OCC. The molecule has 0 saturated carbocycles. The number of rotatable bonds is 8. The van der Waals surface area contributed by atoms with E-state index in [4.69, 9.17) is 9.47 Å². The van der Waals surface area contributed by atoms with Crippen molar-refractivity contribution < 1.29 is 9.47 Å². The Morgan fingerprint density at radius 2 is 2.25 bits per heavy atom. The van der Waals surface area contributed by atoms with Gasteiger partial charge < -0.3 is 14.8 Å². The number of tetrazole rings is 1. The van der Waals surface area contributed by atoms with E-state index >= 15 is 0 Å². The van der Waals surface area contributed by atoms with E-state index in [2.05, 4.69) is 32.5 Å². The van der Waals surface area contributed by atoms with Gasteiger partial charge in [-0.25, -0.2) is 0 Å². The molecule has 106 valence electrons. The Morgan fingerprint density at radius 1 is 1.35 bits per heavy atom. The van der Waals surface area contributed by atoms with Gasteiger partial charge in [-0.05, 0) is 29.8 Å². The fourth-order valence-electron chi connectivity index (χ4n) is 1.62. The maximum absolute atomic E-state index is 5.57. The molecule has 7 heteroatoms. The summed E-state index contributed by atoms with van der Waals surface area (Å²) in [6.07, 6.45) is 1.70. The van der Waals surface area contributed by atoms with Crippen molar-refractivity contribution in [1.82, 2.24) is 20.6 Å². The van der Waals surface area contributed by atoms with Crippen LogP contribution in [0.15, 0.2) is 30.9 Å². The summed E-state index contributed by atoms with van der Waals surface area (Å²) in [5.41, 5.74) is 1.03. The molecule has 2 N–H and O–H groups in total. The lowest BCUT2D eigenvalue weighted by atomic mass is 10.2. The number of benzene rings is 1. The molecule has 0 spiro atoms. The Hall–Kier alpha value is -2.57. The summed E-state index contributed by atoms with van der Waals surface area (Å²) >= 11 is 0. The molecule has 2 aromatic rings. The Labute approximate surface area is 117 Å². The van der Waals surface area contributed by atoms with Crippen LogP contribution in [0, 0.1) is 0 Å². The molecule has 7 nitrogen and oxygen atoms in total. The van der Waals surface area contributed by atoms with E-state index in [0.29, 0.717) is 37.2 Å². The van der Waals surface area contributed by atoms with Gasteiger partial charge in [-0.1, -0.05) is 23.8 Å². The Balaban J connectivity index is 2.05. The molecule has 1 heterocycles. The largest absolute Gasteiger partial charge is 0.490 e. The van der Waals surface area contributed by atoms with E-state index in [-0.39, 0.29) is 0 Å². The molecular formula is C13H17N5O2. The van der Waals surface area contributed by atoms with E-state index in [9.17, 15) is 0 Å². The zero-order chi connectivity index (χ0) is 14.2. The van der Waals surface area contributed by atoms with Crippen LogP contribution >= 0.6 is 0 Å². The molecule has 1 aromatic heterocycles. The highest BCUT2D eigenvalue weighted by Gasteiger charge is 2.06. The fraction of sp³-hybridized carbons (Fsp3) is 0.308. The maximum Gasteiger partial charge on any atom is 0.263 e. The second-order valence-electron chi connectivity index (χ2n) is 3.90. The van der Waals surface area contributed by atoms with E-state index in [0.717, 1.165) is 5.56 Å². The molecular weight excluding hydrogens is 258 g/mol. The van der Waals surface area contributed by atoms with Gasteiger partial charge in [0.1, 0.15) is 6.61 Å². The minimum atomic E-state index is 0.445. The van der Waals surface area contributed by atoms with Gasteiger partial charge in [0.05, 0.1) is 6.61 Å². The van der Waals surface area contributed by atoms with Crippen LogP contribution in [0.5, 0.6) is 11.5 Å². The molecule has 0 aliphatic rings. The zero-order valence-electron chi connectivity index (χ0n) is 11.3. The van der Waals surface area contributed by atoms with Crippen molar-refractivity contribution >= 4 is 5.95 Å². The van der Waals surface area contributed by atoms with Crippen molar-refractivity contribution in [3.05, 3.63) is 36.4 Å². The van der Waals surface area contributed by atoms with Crippen LogP contribution in [0.4, 0.5) is 5.95 Å². The lowest BCUT2D eigenvalue weighted by Crippen LogP contribution is -2.03. The molecule has 1 aromatic carbocycles. The maximum atomic E-state index is 5.57. The number of nitrogens with zero attached hydrogens (tertiary/aromatic N) is 3. The third-order valence-electron chi connectivity index (χ3n) is 2.46. The summed E-state index contributed by atoms with van der Waals surface area (Å²) in [5, 5.41) is 16.5. The topological polar surface area (TPSA) is 85.0 Å². The van der Waals surface area contributed by atoms with Crippen LogP contribution in [0.2, 0.25) is 0 Å². The molecule has 0 atom stereocenters. The normalized spacial score (nSPS) is 10.1. The first-order chi connectivity index (χ1) is 9.83. The van der Waals surface area contributed by atoms with Gasteiger partial charge in [0.2, 0.25) is 0 Å². The Morgan fingerprint density at radius 3 is 2.95 bits per heavy atom. The molecule has 0 fully saturated rings. The van der Waals surface area contributed by atoms with E-state index in [1.54, 1.807) is 6.08 Å². The van der Waals surface area contributed by atoms with Gasteiger partial charge >= 0.3 is 0 Å². The molecule has 2 rings (SSSR count). The fourth-order valence-corrected chi connectivity index (χ4v) is 1.62. The number of nitrogens with one attached hydrogen (secondary N) is 2. The average molecular weight is 275 g/mol. The molecule has 0 unspecified atom stereocenters. The third kappa shape index (κ3) is 3.71. The third-order valence-corrected chi connectivity index (χ3v) is 2.46. The Kier molecular flexibility index (Phi) is 4.94. The molecule has 0 aliphatic heterocycles. The Bertz CT molecular complexity index is 542. The summed E-state index contributed by atoms with van der Waals surface area (Å²) < 4.78 is 11.1. The first-order valence-corrected chi connectivity index (χ1v) is 6.30. The number of aromatic amines is 1. The lowest BCUT2D eigenvalue weighted by molar-refractivity contribution is 0.296. The average Bonchev–Trinajstić information content (AvgIpc) is 2.98. The van der Waals surface area contributed by atoms with Gasteiger partial charge in [-0.15, -0.1) is 5.10 Å². The summed E-state index contributed by atoms with van der Waals surface area (Å²) in [7, 11) is 0. The molecule has 20 heavy (non-hydrogen) atoms. The van der Waals surface area contributed by atoms with Crippen molar-refractivity contribution in [3.63, 3.8) is 0 Å². The molecule has 0 aliphatic carbocycles. The predicted molar refractivity (Wildman–Crippen MR) is 74.8 cm³/mol. The van der Waals surface area contributed by atoms with Crippen LogP contribution in [-0.4, -0.2) is 33.8 Å². The van der Waals surface area contributed by atoms with Gasteiger partial charge in [0.25, 0.3) is 5.95 Å². The summed E-state index contributed by atoms with van der Waals surface area (Å²) in [6.45, 7) is 7.15. The highest BCUT2D eigenvalue weighted by atomic mass is 16.5. The van der Waals surface area contributed by atoms with Crippen LogP contribution in [0.1, 0.15) is 12.5 Å². The van der Waals surface area contributed by atoms with Crippen molar-refractivity contribution in [2.75, 3.05) is 18.5 Å². The summed E-state index contributed by atoms with van der Waals surface area (Å²) in [5.74, 6) is 1.87. The number of ether oxygens (including phenoxy) is 2. The number of H-pyrrole nitrogens is 1. The van der Waals surface area contributed by atoms with Crippen LogP contribution in [0.25, 0.3) is 0 Å². The standard InChI is InChI=1S/C13H17N5O2/c1-3-7-20-11-6-5-10(8-12(11)19-4-2)9-14-13-15-17-18-16-13/h3,5-6,8H,1,4,7,9H2,2H3,(H2,14,15,16,17,18). The first kappa shape index (κ1) is 13.9. The molecule has 0 radical (unpaired) electrons. The minimum absolute atomic E-state index is 0.445. The van der Waals surface area contributed by atoms with Crippen LogP contribution in [0.3, 0.4) is 0 Å². The van der Waals surface area contributed by atoms with E-state index in [1.165, 1.54) is 0 Å². The van der Waals surface area contributed by atoms with Crippen molar-refractivity contribution in [3.8, 4) is 11.5 Å². The molecule has 0 amide bonds. The van der Waals surface area contributed by atoms with Crippen LogP contribution in [-0.2, 0) is 6.54 Å². The minimum Gasteiger partial charge on any atom is -0.490 e. The van der Waals surface area contributed by atoms with E-state index < -0.39 is 0 Å². The number of aromatic nitrogens is 4. The van der Waals surface area contributed by atoms with Gasteiger partial charge in [-0.3, -0.25) is 0 Å². The quantitative estimate of drug-likeness (QED) is 0.714. The second-order valence-corrected chi connectivity index (χ2v) is 3.90. The highest BCUT2D eigenvalue weighted by Crippen LogP contribution is 2.28. The van der Waals surface area contributed by atoms with Crippen LogP contribution < -0.4 is 14.8 Å². The smallest absolute Gasteiger partial charge is 0.263 e. The molecule has 0 saturated heterocycles. The summed E-state index contributed by atoms with van der Waals surface area (Å²) in [6, 6.07) is 5.75. The summed E-state index contributed by atoms with van der Waals surface area (Å²) in [4.78, 5) is 0. The zero-order valence-corrected chi connectivity index (χ0v) is 11.3.